The van der Waals surface area contributed by atoms with Gasteiger partial charge in [0.1, 0.15) is 5.82 Å². The van der Waals surface area contributed by atoms with E-state index in [9.17, 15) is 4.39 Å². The van der Waals surface area contributed by atoms with Crippen LogP contribution in [0.4, 0.5) is 15.8 Å². The van der Waals surface area contributed by atoms with Crippen molar-refractivity contribution in [2.75, 3.05) is 11.9 Å². The Balaban J connectivity index is 2.22. The summed E-state index contributed by atoms with van der Waals surface area (Å²) < 4.78 is 13.0. The summed E-state index contributed by atoms with van der Waals surface area (Å²) in [5.41, 5.74) is 8.87. The summed E-state index contributed by atoms with van der Waals surface area (Å²) in [6, 6.07) is 12.5. The topological polar surface area (TPSA) is 29.3 Å². The van der Waals surface area contributed by atoms with E-state index >= 15 is 0 Å². The average molecular weight is 307 g/mol. The molecule has 1 unspecified atom stereocenters. The molecular formula is C17H20ClFN2. The highest BCUT2D eigenvalue weighted by Gasteiger charge is 2.10. The predicted molar refractivity (Wildman–Crippen MR) is 87.9 cm³/mol. The molecule has 21 heavy (non-hydrogen) atoms. The highest BCUT2D eigenvalue weighted by Crippen LogP contribution is 2.31. The van der Waals surface area contributed by atoms with Gasteiger partial charge in [0.15, 0.2) is 0 Å². The van der Waals surface area contributed by atoms with Gasteiger partial charge in [-0.3, -0.25) is 0 Å². The fourth-order valence-electron chi connectivity index (χ4n) is 2.20. The molecule has 0 aliphatic carbocycles. The highest BCUT2D eigenvalue weighted by molar-refractivity contribution is 6.33. The summed E-state index contributed by atoms with van der Waals surface area (Å²) >= 11 is 6.38. The summed E-state index contributed by atoms with van der Waals surface area (Å²) in [5.74, 6) is -0.248. The van der Waals surface area contributed by atoms with E-state index in [1.54, 1.807) is 12.1 Å². The quantitative estimate of drug-likeness (QED) is 0.879. The fourth-order valence-corrected chi connectivity index (χ4v) is 2.53. The first-order chi connectivity index (χ1) is 10.0. The molecule has 2 rings (SSSR count). The molecule has 0 fully saturated rings. The molecule has 0 radical (unpaired) electrons. The van der Waals surface area contributed by atoms with Crippen LogP contribution in [0.25, 0.3) is 0 Å². The number of anilines is 2. The van der Waals surface area contributed by atoms with E-state index in [4.69, 9.17) is 17.3 Å². The molecule has 0 heterocycles. The van der Waals surface area contributed by atoms with E-state index in [0.717, 1.165) is 29.8 Å². The van der Waals surface area contributed by atoms with Crippen LogP contribution < -0.4 is 10.6 Å². The van der Waals surface area contributed by atoms with Crippen molar-refractivity contribution in [1.29, 1.82) is 0 Å². The van der Waals surface area contributed by atoms with Crippen LogP contribution >= 0.6 is 11.6 Å². The van der Waals surface area contributed by atoms with Gasteiger partial charge in [0.2, 0.25) is 0 Å². The maximum absolute atomic E-state index is 13.0. The van der Waals surface area contributed by atoms with Gasteiger partial charge in [0.05, 0.1) is 10.7 Å². The van der Waals surface area contributed by atoms with Crippen LogP contribution in [0, 0.1) is 5.82 Å². The summed E-state index contributed by atoms with van der Waals surface area (Å²) in [4.78, 5) is 1.94. The summed E-state index contributed by atoms with van der Waals surface area (Å²) in [6.07, 6.45) is 1.76. The molecule has 4 heteroatoms. The molecule has 0 spiro atoms. The predicted octanol–water partition coefficient (Wildman–Crippen LogP) is 4.53. The zero-order valence-corrected chi connectivity index (χ0v) is 13.1. The fraction of sp³-hybridized carbons (Fsp3) is 0.294. The molecule has 0 aromatic heterocycles. The smallest absolute Gasteiger partial charge is 0.123 e. The molecule has 0 saturated carbocycles. The van der Waals surface area contributed by atoms with Crippen LogP contribution in [0.1, 0.15) is 18.9 Å². The van der Waals surface area contributed by atoms with Gasteiger partial charge in [-0.05, 0) is 54.8 Å². The van der Waals surface area contributed by atoms with Crippen LogP contribution in [-0.2, 0) is 6.42 Å². The zero-order valence-electron chi connectivity index (χ0n) is 12.3. The minimum Gasteiger partial charge on any atom is -0.343 e. The molecule has 0 amide bonds. The van der Waals surface area contributed by atoms with Gasteiger partial charge in [-0.1, -0.05) is 24.6 Å². The Kier molecular flexibility index (Phi) is 5.21. The molecule has 1 atom stereocenters. The Bertz CT molecular complexity index is 598. The van der Waals surface area contributed by atoms with E-state index in [0.29, 0.717) is 5.02 Å². The molecule has 0 bridgehead atoms. The highest BCUT2D eigenvalue weighted by atomic mass is 35.5. The molecule has 2 aromatic rings. The second-order valence-corrected chi connectivity index (χ2v) is 5.60. The van der Waals surface area contributed by atoms with Crippen molar-refractivity contribution < 1.29 is 4.39 Å². The molecule has 0 aliphatic heterocycles. The van der Waals surface area contributed by atoms with Crippen LogP contribution in [-0.4, -0.2) is 13.1 Å². The second-order valence-electron chi connectivity index (χ2n) is 5.19. The maximum atomic E-state index is 13.0. The lowest BCUT2D eigenvalue weighted by atomic mass is 10.0. The molecule has 2 N–H and O–H groups in total. The lowest BCUT2D eigenvalue weighted by Gasteiger charge is -2.21. The number of halogens is 2. The minimum absolute atomic E-state index is 0.154. The molecule has 0 saturated heterocycles. The number of hydrogen-bond donors (Lipinski definition) is 1. The third-order valence-electron chi connectivity index (χ3n) is 3.61. The van der Waals surface area contributed by atoms with Crippen LogP contribution in [0.15, 0.2) is 42.5 Å². The maximum Gasteiger partial charge on any atom is 0.123 e. The van der Waals surface area contributed by atoms with Crippen molar-refractivity contribution in [3.63, 3.8) is 0 Å². The Morgan fingerprint density at radius 1 is 1.19 bits per heavy atom. The lowest BCUT2D eigenvalue weighted by Crippen LogP contribution is -2.21. The van der Waals surface area contributed by atoms with Crippen LogP contribution in [0.3, 0.4) is 0 Å². The number of rotatable bonds is 5. The van der Waals surface area contributed by atoms with E-state index < -0.39 is 0 Å². The minimum atomic E-state index is -0.248. The molecular weight excluding hydrogens is 287 g/mol. The summed E-state index contributed by atoms with van der Waals surface area (Å²) in [5, 5.41) is 0.669. The van der Waals surface area contributed by atoms with Gasteiger partial charge in [0.25, 0.3) is 0 Å². The number of nitrogens with two attached hydrogens (primary N) is 1. The zero-order chi connectivity index (χ0) is 15.4. The van der Waals surface area contributed by atoms with Gasteiger partial charge in [-0.25, -0.2) is 4.39 Å². The van der Waals surface area contributed by atoms with Gasteiger partial charge in [-0.15, -0.1) is 0 Å². The van der Waals surface area contributed by atoms with Crippen molar-refractivity contribution in [3.8, 4) is 0 Å². The van der Waals surface area contributed by atoms with Crippen molar-refractivity contribution in [3.05, 3.63) is 58.9 Å². The largest absolute Gasteiger partial charge is 0.343 e. The molecule has 0 aliphatic rings. The Labute approximate surface area is 130 Å². The van der Waals surface area contributed by atoms with E-state index in [-0.39, 0.29) is 11.9 Å². The Hall–Kier alpha value is -1.58. The van der Waals surface area contributed by atoms with Crippen molar-refractivity contribution in [2.45, 2.75) is 25.8 Å². The second kappa shape index (κ2) is 6.92. The van der Waals surface area contributed by atoms with Gasteiger partial charge in [-0.2, -0.15) is 0 Å². The Morgan fingerprint density at radius 2 is 1.86 bits per heavy atom. The normalized spacial score (nSPS) is 12.2. The van der Waals surface area contributed by atoms with Gasteiger partial charge < -0.3 is 10.6 Å². The van der Waals surface area contributed by atoms with Crippen LogP contribution in [0.5, 0.6) is 0 Å². The van der Waals surface area contributed by atoms with Crippen molar-refractivity contribution in [1.82, 2.24) is 0 Å². The van der Waals surface area contributed by atoms with Crippen molar-refractivity contribution in [2.24, 2.45) is 5.73 Å². The van der Waals surface area contributed by atoms with Gasteiger partial charge in [0, 0.05) is 18.8 Å². The first-order valence-electron chi connectivity index (χ1n) is 7.04. The molecule has 112 valence electrons. The summed E-state index contributed by atoms with van der Waals surface area (Å²) in [7, 11) is 1.91. The standard InChI is InChI=1S/C17H20ClFN2/c1-3-14(20)10-12-4-9-17(16(18)11-12)21(2)15-7-5-13(19)6-8-15/h4-9,11,14H,3,10,20H2,1-2H3. The number of nitrogens with zero attached hydrogens (tertiary/aromatic N) is 1. The third-order valence-corrected chi connectivity index (χ3v) is 3.91. The average Bonchev–Trinajstić information content (AvgIpc) is 2.47. The van der Waals surface area contributed by atoms with Crippen LogP contribution in [0.2, 0.25) is 5.02 Å². The first kappa shape index (κ1) is 15.8. The van der Waals surface area contributed by atoms with E-state index in [1.807, 2.05) is 30.1 Å². The molecule has 2 aromatic carbocycles. The third kappa shape index (κ3) is 3.96. The van der Waals surface area contributed by atoms with Gasteiger partial charge >= 0.3 is 0 Å². The lowest BCUT2D eigenvalue weighted by molar-refractivity contribution is 0.628. The SMILES string of the molecule is CCC(N)Cc1ccc(N(C)c2ccc(F)cc2)c(Cl)c1. The summed E-state index contributed by atoms with van der Waals surface area (Å²) in [6.45, 7) is 2.07. The Morgan fingerprint density at radius 3 is 2.43 bits per heavy atom. The van der Waals surface area contributed by atoms with E-state index in [2.05, 4.69) is 6.92 Å². The van der Waals surface area contributed by atoms with E-state index in [1.165, 1.54) is 12.1 Å². The first-order valence-corrected chi connectivity index (χ1v) is 7.42. The molecule has 2 nitrogen and oxygen atoms in total. The van der Waals surface area contributed by atoms with Crippen molar-refractivity contribution >= 4 is 23.0 Å². The number of benzene rings is 2. The number of hydrogen-bond acceptors (Lipinski definition) is 2. The monoisotopic (exact) mass is 306 g/mol.